The lowest BCUT2D eigenvalue weighted by atomic mass is 10.0. The molecular weight excluding hydrogens is 258 g/mol. The van der Waals surface area contributed by atoms with E-state index in [1.807, 2.05) is 0 Å². The van der Waals surface area contributed by atoms with E-state index in [0.717, 1.165) is 13.1 Å². The van der Waals surface area contributed by atoms with E-state index in [4.69, 9.17) is 0 Å². The Morgan fingerprint density at radius 2 is 1.67 bits per heavy atom. The summed E-state index contributed by atoms with van der Waals surface area (Å²) in [7, 11) is 0. The number of likely N-dealkylation sites (tertiary alicyclic amines) is 1. The Kier molecular flexibility index (Phi) is 5.92. The van der Waals surface area contributed by atoms with Crippen molar-refractivity contribution in [1.82, 2.24) is 4.90 Å². The van der Waals surface area contributed by atoms with Crippen molar-refractivity contribution in [2.75, 3.05) is 36.4 Å². The minimum absolute atomic E-state index is 0.624. The number of rotatable bonds is 6. The van der Waals surface area contributed by atoms with Gasteiger partial charge in [-0.05, 0) is 64.8 Å². The Morgan fingerprint density at radius 1 is 1.10 bits per heavy atom. The Balaban J connectivity index is 1.87. The van der Waals surface area contributed by atoms with Crippen molar-refractivity contribution in [2.45, 2.75) is 52.6 Å². The molecule has 1 aliphatic rings. The maximum absolute atomic E-state index is 3.70. The molecule has 3 heteroatoms. The fourth-order valence-electron chi connectivity index (χ4n) is 3.15. The first-order chi connectivity index (χ1) is 10.1. The zero-order valence-corrected chi connectivity index (χ0v) is 14.1. The van der Waals surface area contributed by atoms with E-state index >= 15 is 0 Å². The summed E-state index contributed by atoms with van der Waals surface area (Å²) in [4.78, 5) is 4.95. The fourth-order valence-corrected chi connectivity index (χ4v) is 3.15. The SMILES string of the molecule is CCN(CC)c1ccc(NC2CCN(C(C)C)CC2)cc1. The summed E-state index contributed by atoms with van der Waals surface area (Å²) in [6, 6.07) is 10.2. The van der Waals surface area contributed by atoms with Crippen LogP contribution in [0.2, 0.25) is 0 Å². The summed E-state index contributed by atoms with van der Waals surface area (Å²) >= 11 is 0. The summed E-state index contributed by atoms with van der Waals surface area (Å²) in [5, 5.41) is 3.70. The van der Waals surface area contributed by atoms with Crippen LogP contribution in [-0.2, 0) is 0 Å². The van der Waals surface area contributed by atoms with Crippen molar-refractivity contribution in [2.24, 2.45) is 0 Å². The highest BCUT2D eigenvalue weighted by molar-refractivity contribution is 5.55. The molecule has 21 heavy (non-hydrogen) atoms. The van der Waals surface area contributed by atoms with Gasteiger partial charge >= 0.3 is 0 Å². The number of benzene rings is 1. The van der Waals surface area contributed by atoms with Gasteiger partial charge in [0.05, 0.1) is 0 Å². The predicted octanol–water partition coefficient (Wildman–Crippen LogP) is 3.82. The average Bonchev–Trinajstić information content (AvgIpc) is 2.51. The Morgan fingerprint density at radius 3 is 2.14 bits per heavy atom. The average molecular weight is 289 g/mol. The molecule has 0 saturated carbocycles. The van der Waals surface area contributed by atoms with Crippen molar-refractivity contribution in [1.29, 1.82) is 0 Å². The molecule has 0 radical (unpaired) electrons. The number of hydrogen-bond acceptors (Lipinski definition) is 3. The second-order valence-corrected chi connectivity index (χ2v) is 6.27. The molecule has 1 fully saturated rings. The summed E-state index contributed by atoms with van der Waals surface area (Å²) in [6.07, 6.45) is 2.49. The zero-order chi connectivity index (χ0) is 15.2. The fraction of sp³-hybridized carbons (Fsp3) is 0.667. The molecule has 118 valence electrons. The molecule has 0 spiro atoms. The Bertz CT molecular complexity index is 401. The molecule has 0 unspecified atom stereocenters. The van der Waals surface area contributed by atoms with Gasteiger partial charge in [-0.2, -0.15) is 0 Å². The number of hydrogen-bond donors (Lipinski definition) is 1. The van der Waals surface area contributed by atoms with Gasteiger partial charge in [0.15, 0.2) is 0 Å². The summed E-state index contributed by atoms with van der Waals surface area (Å²) in [5.41, 5.74) is 2.58. The van der Waals surface area contributed by atoms with Gasteiger partial charge in [0.2, 0.25) is 0 Å². The highest BCUT2D eigenvalue weighted by atomic mass is 15.2. The molecule has 1 saturated heterocycles. The van der Waals surface area contributed by atoms with Crippen molar-refractivity contribution in [3.8, 4) is 0 Å². The van der Waals surface area contributed by atoms with Crippen LogP contribution in [0.3, 0.4) is 0 Å². The second kappa shape index (κ2) is 7.69. The highest BCUT2D eigenvalue weighted by Crippen LogP contribution is 2.21. The standard InChI is InChI=1S/C18H31N3/c1-5-20(6-2)18-9-7-16(8-10-18)19-17-11-13-21(14-12-17)15(3)4/h7-10,15,17,19H,5-6,11-14H2,1-4H3. The molecule has 2 rings (SSSR count). The van der Waals surface area contributed by atoms with E-state index in [0.29, 0.717) is 12.1 Å². The van der Waals surface area contributed by atoms with Crippen LogP contribution in [0.25, 0.3) is 0 Å². The Hall–Kier alpha value is -1.22. The maximum atomic E-state index is 3.70. The van der Waals surface area contributed by atoms with Crippen molar-refractivity contribution >= 4 is 11.4 Å². The van der Waals surface area contributed by atoms with Crippen LogP contribution in [0.1, 0.15) is 40.5 Å². The van der Waals surface area contributed by atoms with Crippen LogP contribution in [0.5, 0.6) is 0 Å². The third-order valence-electron chi connectivity index (χ3n) is 4.63. The molecule has 3 nitrogen and oxygen atoms in total. The van der Waals surface area contributed by atoms with Gasteiger partial charge in [0, 0.05) is 49.6 Å². The first-order valence-electron chi connectivity index (χ1n) is 8.49. The topological polar surface area (TPSA) is 18.5 Å². The number of piperidine rings is 1. The molecular formula is C18H31N3. The lowest BCUT2D eigenvalue weighted by Crippen LogP contribution is -2.42. The zero-order valence-electron chi connectivity index (χ0n) is 14.1. The van der Waals surface area contributed by atoms with Gasteiger partial charge in [-0.25, -0.2) is 0 Å². The van der Waals surface area contributed by atoms with Gasteiger partial charge in [-0.3, -0.25) is 0 Å². The third kappa shape index (κ3) is 4.37. The van der Waals surface area contributed by atoms with Gasteiger partial charge in [-0.15, -0.1) is 0 Å². The van der Waals surface area contributed by atoms with E-state index in [-0.39, 0.29) is 0 Å². The molecule has 0 aliphatic carbocycles. The van der Waals surface area contributed by atoms with E-state index in [1.165, 1.54) is 37.3 Å². The first-order valence-corrected chi connectivity index (χ1v) is 8.49. The minimum atomic E-state index is 0.624. The van der Waals surface area contributed by atoms with Gasteiger partial charge < -0.3 is 15.1 Å². The largest absolute Gasteiger partial charge is 0.382 e. The number of nitrogens with zero attached hydrogens (tertiary/aromatic N) is 2. The number of anilines is 2. The van der Waals surface area contributed by atoms with Gasteiger partial charge in [0.25, 0.3) is 0 Å². The quantitative estimate of drug-likeness (QED) is 0.859. The van der Waals surface area contributed by atoms with Crippen LogP contribution in [0, 0.1) is 0 Å². The summed E-state index contributed by atoms with van der Waals surface area (Å²) < 4.78 is 0. The molecule has 0 atom stereocenters. The molecule has 0 amide bonds. The third-order valence-corrected chi connectivity index (χ3v) is 4.63. The van der Waals surface area contributed by atoms with Gasteiger partial charge in [0.1, 0.15) is 0 Å². The lowest BCUT2D eigenvalue weighted by Gasteiger charge is -2.35. The molecule has 0 bridgehead atoms. The van der Waals surface area contributed by atoms with Crippen molar-refractivity contribution in [3.63, 3.8) is 0 Å². The Labute approximate surface area is 130 Å². The van der Waals surface area contributed by atoms with Crippen LogP contribution >= 0.6 is 0 Å². The van der Waals surface area contributed by atoms with Crippen molar-refractivity contribution in [3.05, 3.63) is 24.3 Å². The van der Waals surface area contributed by atoms with E-state index in [9.17, 15) is 0 Å². The van der Waals surface area contributed by atoms with E-state index in [1.54, 1.807) is 0 Å². The molecule has 1 N–H and O–H groups in total. The van der Waals surface area contributed by atoms with Crippen LogP contribution in [-0.4, -0.2) is 43.2 Å². The molecule has 1 heterocycles. The molecule has 0 aromatic heterocycles. The lowest BCUT2D eigenvalue weighted by molar-refractivity contribution is 0.177. The molecule has 1 aromatic carbocycles. The van der Waals surface area contributed by atoms with E-state index < -0.39 is 0 Å². The predicted molar refractivity (Wildman–Crippen MR) is 93.4 cm³/mol. The summed E-state index contributed by atoms with van der Waals surface area (Å²) in [5.74, 6) is 0. The molecule has 1 aliphatic heterocycles. The normalized spacial score (nSPS) is 17.2. The molecule has 1 aromatic rings. The second-order valence-electron chi connectivity index (χ2n) is 6.27. The van der Waals surface area contributed by atoms with Crippen LogP contribution in [0.15, 0.2) is 24.3 Å². The van der Waals surface area contributed by atoms with E-state index in [2.05, 4.69) is 67.1 Å². The highest BCUT2D eigenvalue weighted by Gasteiger charge is 2.20. The smallest absolute Gasteiger partial charge is 0.0367 e. The minimum Gasteiger partial charge on any atom is -0.382 e. The van der Waals surface area contributed by atoms with Gasteiger partial charge in [-0.1, -0.05) is 0 Å². The van der Waals surface area contributed by atoms with Crippen LogP contribution in [0.4, 0.5) is 11.4 Å². The van der Waals surface area contributed by atoms with Crippen LogP contribution < -0.4 is 10.2 Å². The van der Waals surface area contributed by atoms with Crippen molar-refractivity contribution < 1.29 is 0 Å². The monoisotopic (exact) mass is 289 g/mol. The maximum Gasteiger partial charge on any atom is 0.0367 e. The summed E-state index contributed by atoms with van der Waals surface area (Å²) in [6.45, 7) is 13.6. The first kappa shape index (κ1) is 16.2. The number of nitrogens with one attached hydrogen (secondary N) is 1.